The molecule has 0 bridgehead atoms. The third-order valence-electron chi connectivity index (χ3n) is 5.40. The van der Waals surface area contributed by atoms with Gasteiger partial charge in [-0.15, -0.1) is 0 Å². The van der Waals surface area contributed by atoms with Gasteiger partial charge in [-0.1, -0.05) is 41.7 Å². The maximum Gasteiger partial charge on any atom is 0.289 e. The summed E-state index contributed by atoms with van der Waals surface area (Å²) in [4.78, 5) is 21.9. The average Bonchev–Trinajstić information content (AvgIpc) is 3.36. The molecule has 142 valence electrons. The van der Waals surface area contributed by atoms with Crippen molar-refractivity contribution in [3.05, 3.63) is 59.4 Å². The lowest BCUT2D eigenvalue weighted by atomic mass is 10.1. The Hall–Kier alpha value is -2.86. The molecule has 2 aromatic heterocycles. The molecule has 0 saturated carbocycles. The molecule has 0 spiro atoms. The van der Waals surface area contributed by atoms with E-state index in [1.807, 2.05) is 35.2 Å². The van der Waals surface area contributed by atoms with Gasteiger partial charge < -0.3 is 14.2 Å². The van der Waals surface area contributed by atoms with Crippen molar-refractivity contribution in [2.24, 2.45) is 0 Å². The summed E-state index contributed by atoms with van der Waals surface area (Å²) in [5.74, 6) is 0.382. The van der Waals surface area contributed by atoms with Gasteiger partial charge in [0.25, 0.3) is 5.91 Å². The predicted molar refractivity (Wildman–Crippen MR) is 113 cm³/mol. The molecule has 5 nitrogen and oxygen atoms in total. The van der Waals surface area contributed by atoms with E-state index >= 15 is 0 Å². The number of aromatic nitrogens is 1. The van der Waals surface area contributed by atoms with Gasteiger partial charge in [0.1, 0.15) is 5.58 Å². The SMILES string of the molecule is Cc1ccc(C)c2sc(N3CCN(C(=O)c4cc5ccccc5o4)CC3)nc12. The number of amides is 1. The number of hydrogen-bond donors (Lipinski definition) is 0. The second kappa shape index (κ2) is 6.63. The predicted octanol–water partition coefficient (Wildman–Crippen LogP) is 4.62. The highest BCUT2D eigenvalue weighted by molar-refractivity contribution is 7.22. The summed E-state index contributed by atoms with van der Waals surface area (Å²) in [7, 11) is 0. The molecule has 5 rings (SSSR count). The number of furan rings is 1. The van der Waals surface area contributed by atoms with Crippen LogP contribution in [0.3, 0.4) is 0 Å². The summed E-state index contributed by atoms with van der Waals surface area (Å²) in [6.45, 7) is 7.14. The Morgan fingerprint density at radius 2 is 1.79 bits per heavy atom. The molecule has 1 amide bonds. The molecule has 0 unspecified atom stereocenters. The highest BCUT2D eigenvalue weighted by Gasteiger charge is 2.26. The van der Waals surface area contributed by atoms with E-state index in [1.165, 1.54) is 15.8 Å². The summed E-state index contributed by atoms with van der Waals surface area (Å²) in [5.41, 5.74) is 4.33. The van der Waals surface area contributed by atoms with Crippen LogP contribution in [0.1, 0.15) is 21.7 Å². The molecule has 6 heteroatoms. The molecule has 28 heavy (non-hydrogen) atoms. The Morgan fingerprint density at radius 3 is 2.54 bits per heavy atom. The number of rotatable bonds is 2. The molecule has 0 aliphatic carbocycles. The van der Waals surface area contributed by atoms with Crippen molar-refractivity contribution in [3.63, 3.8) is 0 Å². The minimum atomic E-state index is -0.0353. The monoisotopic (exact) mass is 391 g/mol. The van der Waals surface area contributed by atoms with Crippen molar-refractivity contribution in [2.45, 2.75) is 13.8 Å². The van der Waals surface area contributed by atoms with Gasteiger partial charge in [-0.3, -0.25) is 4.79 Å². The Morgan fingerprint density at radius 1 is 1.04 bits per heavy atom. The minimum Gasteiger partial charge on any atom is -0.451 e. The van der Waals surface area contributed by atoms with Crippen molar-refractivity contribution in [3.8, 4) is 0 Å². The van der Waals surface area contributed by atoms with Gasteiger partial charge >= 0.3 is 0 Å². The third kappa shape index (κ3) is 2.85. The first-order chi connectivity index (χ1) is 13.6. The van der Waals surface area contributed by atoms with Crippen LogP contribution in [-0.2, 0) is 0 Å². The molecule has 1 aliphatic heterocycles. The number of para-hydroxylation sites is 1. The van der Waals surface area contributed by atoms with Gasteiger partial charge in [0.05, 0.1) is 10.2 Å². The zero-order chi connectivity index (χ0) is 19.3. The van der Waals surface area contributed by atoms with Crippen LogP contribution in [0.25, 0.3) is 21.2 Å². The fourth-order valence-corrected chi connectivity index (χ4v) is 4.89. The number of aryl methyl sites for hydroxylation is 2. The smallest absolute Gasteiger partial charge is 0.289 e. The van der Waals surface area contributed by atoms with Crippen molar-refractivity contribution in [1.29, 1.82) is 0 Å². The first kappa shape index (κ1) is 17.3. The quantitative estimate of drug-likeness (QED) is 0.500. The van der Waals surface area contributed by atoms with Crippen molar-refractivity contribution >= 4 is 43.6 Å². The number of anilines is 1. The maximum atomic E-state index is 12.8. The van der Waals surface area contributed by atoms with Crippen LogP contribution >= 0.6 is 11.3 Å². The number of thiazole rings is 1. The molecule has 0 N–H and O–H groups in total. The number of nitrogens with zero attached hydrogens (tertiary/aromatic N) is 3. The highest BCUT2D eigenvalue weighted by atomic mass is 32.1. The molecule has 1 saturated heterocycles. The largest absolute Gasteiger partial charge is 0.451 e. The van der Waals surface area contributed by atoms with Crippen LogP contribution in [0.4, 0.5) is 5.13 Å². The number of piperazine rings is 1. The van der Waals surface area contributed by atoms with E-state index in [-0.39, 0.29) is 5.91 Å². The van der Waals surface area contributed by atoms with Gasteiger partial charge in [-0.25, -0.2) is 4.98 Å². The summed E-state index contributed by atoms with van der Waals surface area (Å²) >= 11 is 1.75. The maximum absolute atomic E-state index is 12.8. The van der Waals surface area contributed by atoms with Crippen LogP contribution in [-0.4, -0.2) is 42.0 Å². The van der Waals surface area contributed by atoms with Gasteiger partial charge in [-0.2, -0.15) is 0 Å². The second-order valence-electron chi connectivity index (χ2n) is 7.30. The second-order valence-corrected chi connectivity index (χ2v) is 8.28. The molecule has 0 radical (unpaired) electrons. The van der Waals surface area contributed by atoms with E-state index in [9.17, 15) is 4.79 Å². The van der Waals surface area contributed by atoms with Gasteiger partial charge in [-0.05, 0) is 37.1 Å². The van der Waals surface area contributed by atoms with E-state index in [2.05, 4.69) is 30.9 Å². The summed E-state index contributed by atoms with van der Waals surface area (Å²) < 4.78 is 7.01. The Balaban J connectivity index is 1.33. The van der Waals surface area contributed by atoms with Crippen LogP contribution in [0.2, 0.25) is 0 Å². The molecule has 1 aliphatic rings. The van der Waals surface area contributed by atoms with Gasteiger partial charge in [0, 0.05) is 31.6 Å². The van der Waals surface area contributed by atoms with E-state index in [1.54, 1.807) is 11.3 Å². The van der Waals surface area contributed by atoms with Crippen LogP contribution in [0.5, 0.6) is 0 Å². The summed E-state index contributed by atoms with van der Waals surface area (Å²) in [6.07, 6.45) is 0. The molecule has 4 aromatic rings. The zero-order valence-corrected chi connectivity index (χ0v) is 16.8. The zero-order valence-electron chi connectivity index (χ0n) is 15.9. The molecule has 0 atom stereocenters. The fourth-order valence-electron chi connectivity index (χ4n) is 3.73. The number of hydrogen-bond acceptors (Lipinski definition) is 5. The topological polar surface area (TPSA) is 49.6 Å². The normalized spacial score (nSPS) is 14.9. The lowest BCUT2D eigenvalue weighted by Crippen LogP contribution is -2.48. The van der Waals surface area contributed by atoms with E-state index in [4.69, 9.17) is 9.40 Å². The first-order valence-electron chi connectivity index (χ1n) is 9.50. The standard InChI is InChI=1S/C22H21N3O2S/c1-14-7-8-15(2)20-19(14)23-22(28-20)25-11-9-24(10-12-25)21(26)18-13-16-5-3-4-6-17(16)27-18/h3-8,13H,9-12H2,1-2H3. The van der Waals surface area contributed by atoms with Crippen LogP contribution < -0.4 is 4.90 Å². The van der Waals surface area contributed by atoms with Crippen molar-refractivity contribution in [2.75, 3.05) is 31.1 Å². The number of carbonyl (C=O) groups excluding carboxylic acids is 1. The minimum absolute atomic E-state index is 0.0353. The fraction of sp³-hybridized carbons (Fsp3) is 0.273. The molecule has 1 fully saturated rings. The van der Waals surface area contributed by atoms with E-state index in [0.29, 0.717) is 18.8 Å². The van der Waals surface area contributed by atoms with Crippen molar-refractivity contribution < 1.29 is 9.21 Å². The first-order valence-corrected chi connectivity index (χ1v) is 10.3. The van der Waals surface area contributed by atoms with Gasteiger partial charge in [0.15, 0.2) is 10.9 Å². The van der Waals surface area contributed by atoms with Gasteiger partial charge in [0.2, 0.25) is 0 Å². The Bertz CT molecular complexity index is 1110. The number of fused-ring (bicyclic) bond motifs is 2. The van der Waals surface area contributed by atoms with Crippen LogP contribution in [0, 0.1) is 13.8 Å². The lowest BCUT2D eigenvalue weighted by molar-refractivity contribution is 0.0717. The molecule has 3 heterocycles. The van der Waals surface area contributed by atoms with E-state index in [0.717, 1.165) is 34.7 Å². The number of carbonyl (C=O) groups is 1. The van der Waals surface area contributed by atoms with Crippen LogP contribution in [0.15, 0.2) is 46.9 Å². The molecular weight excluding hydrogens is 370 g/mol. The summed E-state index contributed by atoms with van der Waals surface area (Å²) in [5, 5.41) is 2.01. The molecular formula is C22H21N3O2S. The Kier molecular flexibility index (Phi) is 4.09. The third-order valence-corrected chi connectivity index (χ3v) is 6.66. The summed E-state index contributed by atoms with van der Waals surface area (Å²) in [6, 6.07) is 13.8. The highest BCUT2D eigenvalue weighted by Crippen LogP contribution is 2.33. The Labute approximate surface area is 167 Å². The lowest BCUT2D eigenvalue weighted by Gasteiger charge is -2.34. The average molecular weight is 391 g/mol. The number of benzene rings is 2. The van der Waals surface area contributed by atoms with Crippen molar-refractivity contribution in [1.82, 2.24) is 9.88 Å². The van der Waals surface area contributed by atoms with E-state index < -0.39 is 0 Å². The molecule has 2 aromatic carbocycles.